The van der Waals surface area contributed by atoms with Gasteiger partial charge in [-0.1, -0.05) is 26.8 Å². The summed E-state index contributed by atoms with van der Waals surface area (Å²) in [6, 6.07) is 6.94. The summed E-state index contributed by atoms with van der Waals surface area (Å²) in [5.74, 6) is 0. The van der Waals surface area contributed by atoms with Gasteiger partial charge in [0, 0.05) is 5.56 Å². The van der Waals surface area contributed by atoms with Gasteiger partial charge in [0.05, 0.1) is 17.1 Å². The molecule has 4 nitrogen and oxygen atoms in total. The molecule has 1 rings (SSSR count). The van der Waals surface area contributed by atoms with Crippen molar-refractivity contribution in [3.8, 4) is 0 Å². The van der Waals surface area contributed by atoms with Crippen LogP contribution in [0.1, 0.15) is 37.5 Å². The molecule has 0 fully saturated rings. The van der Waals surface area contributed by atoms with Gasteiger partial charge in [-0.25, -0.2) is 0 Å². The number of benzene rings is 1. The summed E-state index contributed by atoms with van der Waals surface area (Å²) >= 11 is 0. The van der Waals surface area contributed by atoms with Gasteiger partial charge in [-0.3, -0.25) is 10.1 Å². The average molecular weight is 295 g/mol. The highest BCUT2D eigenvalue weighted by Crippen LogP contribution is 2.29. The molecule has 0 heterocycles. The minimum absolute atomic E-state index is 0.219. The molecule has 0 aromatic heterocycles. The van der Waals surface area contributed by atoms with Gasteiger partial charge in [0.25, 0.3) is 5.69 Å². The van der Waals surface area contributed by atoms with Gasteiger partial charge < -0.3 is 4.43 Å². The third-order valence-corrected chi connectivity index (χ3v) is 9.06. The van der Waals surface area contributed by atoms with E-state index in [1.165, 1.54) is 0 Å². The Hall–Kier alpha value is -1.20. The minimum atomic E-state index is -1.71. The molecule has 0 aliphatic heterocycles. The Labute approximate surface area is 122 Å². The normalized spacial score (nSPS) is 11.7. The third kappa shape index (κ3) is 3.46. The van der Waals surface area contributed by atoms with Crippen LogP contribution in [0.3, 0.4) is 0 Å². The monoisotopic (exact) mass is 295 g/mol. The summed E-state index contributed by atoms with van der Waals surface area (Å²) in [6.45, 7) is 10.5. The smallest absolute Gasteiger partial charge is 0.277 e. The molecule has 112 valence electrons. The summed E-state index contributed by atoms with van der Waals surface area (Å²) in [6.07, 6.45) is 0. The second-order valence-electron chi connectivity index (χ2n) is 5.30. The molecule has 0 saturated carbocycles. The van der Waals surface area contributed by atoms with Gasteiger partial charge in [0.15, 0.2) is 8.32 Å². The Morgan fingerprint density at radius 2 is 1.70 bits per heavy atom. The zero-order valence-electron chi connectivity index (χ0n) is 13.2. The second-order valence-corrected chi connectivity index (χ2v) is 10.1. The number of hydrogen-bond donors (Lipinski definition) is 0. The molecular weight excluding hydrogens is 270 g/mol. The van der Waals surface area contributed by atoms with E-state index in [-0.39, 0.29) is 10.6 Å². The van der Waals surface area contributed by atoms with Crippen molar-refractivity contribution < 1.29 is 9.35 Å². The summed E-state index contributed by atoms with van der Waals surface area (Å²) in [5, 5.41) is 11.3. The van der Waals surface area contributed by atoms with Gasteiger partial charge in [0.1, 0.15) is 0 Å². The van der Waals surface area contributed by atoms with E-state index >= 15 is 0 Å². The molecule has 0 amide bonds. The van der Waals surface area contributed by atoms with Crippen molar-refractivity contribution in [3.63, 3.8) is 0 Å². The van der Waals surface area contributed by atoms with Crippen molar-refractivity contribution in [1.82, 2.24) is 0 Å². The van der Waals surface area contributed by atoms with Crippen LogP contribution >= 0.6 is 0 Å². The molecule has 5 heteroatoms. The van der Waals surface area contributed by atoms with E-state index in [0.717, 1.165) is 29.3 Å². The summed E-state index contributed by atoms with van der Waals surface area (Å²) in [7, 11) is -1.71. The Balaban J connectivity index is 3.04. The summed E-state index contributed by atoms with van der Waals surface area (Å²) in [5.41, 5.74) is 2.61. The molecule has 20 heavy (non-hydrogen) atoms. The zero-order chi connectivity index (χ0) is 15.3. The fourth-order valence-corrected chi connectivity index (χ4v) is 5.09. The van der Waals surface area contributed by atoms with Crippen molar-refractivity contribution in [2.45, 2.75) is 59.4 Å². The standard InChI is InChI=1S/C15H25NO3Si/c1-6-20(7-2,8-3)19-11-14-10-9-12(4)13(5)15(14)16(17)18/h9-10H,6-8,11H2,1-5H3. The number of rotatable bonds is 7. The lowest BCUT2D eigenvalue weighted by Gasteiger charge is -2.28. The lowest BCUT2D eigenvalue weighted by molar-refractivity contribution is -0.386. The number of hydrogen-bond acceptors (Lipinski definition) is 3. The Morgan fingerprint density at radius 3 is 2.15 bits per heavy atom. The highest BCUT2D eigenvalue weighted by molar-refractivity contribution is 6.73. The number of nitro benzene ring substituents is 1. The molecule has 0 saturated heterocycles. The number of nitrogens with zero attached hydrogens (tertiary/aromatic N) is 1. The highest BCUT2D eigenvalue weighted by Gasteiger charge is 2.30. The van der Waals surface area contributed by atoms with Crippen LogP contribution in [-0.2, 0) is 11.0 Å². The first-order valence-electron chi connectivity index (χ1n) is 7.28. The Morgan fingerprint density at radius 1 is 1.15 bits per heavy atom. The van der Waals surface area contributed by atoms with Crippen LogP contribution in [0.15, 0.2) is 12.1 Å². The predicted molar refractivity (Wildman–Crippen MR) is 84.6 cm³/mol. The first kappa shape index (κ1) is 16.9. The highest BCUT2D eigenvalue weighted by atomic mass is 28.4. The summed E-state index contributed by atoms with van der Waals surface area (Å²) in [4.78, 5) is 11.0. The molecule has 0 aliphatic carbocycles. The van der Waals surface area contributed by atoms with Crippen molar-refractivity contribution in [1.29, 1.82) is 0 Å². The van der Waals surface area contributed by atoms with Crippen molar-refractivity contribution >= 4 is 14.0 Å². The van der Waals surface area contributed by atoms with Gasteiger partial charge in [-0.05, 0) is 43.6 Å². The molecular formula is C15H25NO3Si. The quantitative estimate of drug-likeness (QED) is 0.415. The van der Waals surface area contributed by atoms with E-state index in [2.05, 4.69) is 20.8 Å². The van der Waals surface area contributed by atoms with Crippen LogP contribution in [0.5, 0.6) is 0 Å². The minimum Gasteiger partial charge on any atom is -0.412 e. The molecule has 0 N–H and O–H groups in total. The molecule has 0 radical (unpaired) electrons. The first-order valence-corrected chi connectivity index (χ1v) is 9.81. The fourth-order valence-electron chi connectivity index (χ4n) is 2.51. The van der Waals surface area contributed by atoms with Gasteiger partial charge in [0.2, 0.25) is 0 Å². The van der Waals surface area contributed by atoms with Crippen molar-refractivity contribution in [2.75, 3.05) is 0 Å². The number of aryl methyl sites for hydroxylation is 1. The van der Waals surface area contributed by atoms with E-state index in [1.807, 2.05) is 19.1 Å². The molecule has 1 aromatic carbocycles. The van der Waals surface area contributed by atoms with E-state index < -0.39 is 8.32 Å². The van der Waals surface area contributed by atoms with Gasteiger partial charge >= 0.3 is 0 Å². The average Bonchev–Trinajstić information content (AvgIpc) is 2.44. The van der Waals surface area contributed by atoms with Gasteiger partial charge in [-0.15, -0.1) is 0 Å². The molecule has 0 unspecified atom stereocenters. The maximum absolute atomic E-state index is 11.3. The molecule has 0 bridgehead atoms. The summed E-state index contributed by atoms with van der Waals surface area (Å²) < 4.78 is 6.18. The molecule has 1 aromatic rings. The third-order valence-electron chi connectivity index (χ3n) is 4.43. The maximum atomic E-state index is 11.3. The van der Waals surface area contributed by atoms with Crippen LogP contribution in [0, 0.1) is 24.0 Å². The van der Waals surface area contributed by atoms with Crippen LogP contribution in [-0.4, -0.2) is 13.2 Å². The lowest BCUT2D eigenvalue weighted by Crippen LogP contribution is -2.35. The van der Waals surface area contributed by atoms with Crippen LogP contribution in [0.2, 0.25) is 18.1 Å². The number of nitro groups is 1. The molecule has 0 atom stereocenters. The first-order chi connectivity index (χ1) is 9.40. The van der Waals surface area contributed by atoms with E-state index in [0.29, 0.717) is 12.2 Å². The van der Waals surface area contributed by atoms with Gasteiger partial charge in [-0.2, -0.15) is 0 Å². The van der Waals surface area contributed by atoms with Crippen LogP contribution < -0.4 is 0 Å². The Kier molecular flexibility index (Phi) is 5.89. The second kappa shape index (κ2) is 6.99. The topological polar surface area (TPSA) is 52.4 Å². The van der Waals surface area contributed by atoms with Crippen molar-refractivity contribution in [3.05, 3.63) is 38.9 Å². The Bertz CT molecular complexity index is 476. The molecule has 0 spiro atoms. The lowest BCUT2D eigenvalue weighted by atomic mass is 10.0. The SMILES string of the molecule is CC[Si](CC)(CC)OCc1ccc(C)c(C)c1[N+](=O)[O-]. The largest absolute Gasteiger partial charge is 0.412 e. The zero-order valence-corrected chi connectivity index (χ0v) is 14.2. The van der Waals surface area contributed by atoms with Crippen LogP contribution in [0.4, 0.5) is 5.69 Å². The fraction of sp³-hybridized carbons (Fsp3) is 0.600. The van der Waals surface area contributed by atoms with E-state index in [1.54, 1.807) is 6.92 Å². The van der Waals surface area contributed by atoms with Crippen LogP contribution in [0.25, 0.3) is 0 Å². The van der Waals surface area contributed by atoms with Crippen molar-refractivity contribution in [2.24, 2.45) is 0 Å². The van der Waals surface area contributed by atoms with E-state index in [9.17, 15) is 10.1 Å². The predicted octanol–water partition coefficient (Wildman–Crippen LogP) is 4.73. The van der Waals surface area contributed by atoms with E-state index in [4.69, 9.17) is 4.43 Å². The molecule has 0 aliphatic rings. The maximum Gasteiger partial charge on any atom is 0.277 e.